The second-order valence-electron chi connectivity index (χ2n) is 13.6. The molecule has 7 rings (SSSR count). The zero-order chi connectivity index (χ0) is 37.0. The molecule has 6 aliphatic rings. The Balaban J connectivity index is 1.41. The topological polar surface area (TPSA) is 156 Å². The maximum atomic E-state index is 13.6. The predicted octanol–water partition coefficient (Wildman–Crippen LogP) is 7.80. The number of aliphatic hydroxyl groups is 1. The van der Waals surface area contributed by atoms with E-state index in [2.05, 4.69) is 19.2 Å². The van der Waals surface area contributed by atoms with E-state index < -0.39 is 4.92 Å². The number of hydrogen-bond acceptors (Lipinski definition) is 10. The smallest absolute Gasteiger partial charge is 0.305 e. The lowest BCUT2D eigenvalue weighted by Crippen LogP contribution is -2.15. The first kappa shape index (κ1) is 34.5. The summed E-state index contributed by atoms with van der Waals surface area (Å²) in [6, 6.07) is 5.72. The number of aliphatic imine (C=N–C) groups is 3. The molecule has 1 aromatic carbocycles. The molecule has 8 bridgehead atoms. The van der Waals surface area contributed by atoms with Gasteiger partial charge in [0, 0.05) is 70.5 Å². The zero-order valence-electron chi connectivity index (χ0n) is 30.0. The molecule has 0 radical (unpaired) electrons. The van der Waals surface area contributed by atoms with Crippen molar-refractivity contribution in [3.8, 4) is 0 Å². The van der Waals surface area contributed by atoms with Gasteiger partial charge >= 0.3 is 5.97 Å². The Labute approximate surface area is 301 Å². The normalized spacial score (nSPS) is 23.2. The van der Waals surface area contributed by atoms with Crippen molar-refractivity contribution in [2.75, 3.05) is 7.11 Å². The second-order valence-corrected chi connectivity index (χ2v) is 13.6. The summed E-state index contributed by atoms with van der Waals surface area (Å²) in [5, 5.41) is 25.8. The molecule has 2 atom stereocenters. The number of hydrogen-bond donors (Lipinski definition) is 2. The summed E-state index contributed by atoms with van der Waals surface area (Å²) in [6.45, 7) is 10.2. The molecule has 264 valence electrons. The van der Waals surface area contributed by atoms with Crippen LogP contribution in [0.5, 0.6) is 0 Å². The first-order chi connectivity index (χ1) is 24.9. The summed E-state index contributed by atoms with van der Waals surface area (Å²) >= 11 is 0. The molecular formula is C41H39N5O6. The molecule has 0 aromatic heterocycles. The number of nitro benzene ring substituents is 1. The van der Waals surface area contributed by atoms with Gasteiger partial charge in [-0.2, -0.15) is 0 Å². The molecule has 2 N–H and O–H groups in total. The minimum absolute atomic E-state index is 0.0293. The Bertz CT molecular complexity index is 2260. The van der Waals surface area contributed by atoms with Crippen LogP contribution in [0.3, 0.4) is 0 Å². The number of carbonyl (C=O) groups is 2. The van der Waals surface area contributed by atoms with E-state index in [1.165, 1.54) is 31.4 Å². The second kappa shape index (κ2) is 13.3. The van der Waals surface area contributed by atoms with Crippen LogP contribution in [0.15, 0.2) is 137 Å². The number of methoxy groups -OCH3 is 1. The molecule has 5 heterocycles. The maximum absolute atomic E-state index is 13.6. The fourth-order valence-electron chi connectivity index (χ4n) is 7.70. The van der Waals surface area contributed by atoms with Crippen molar-refractivity contribution in [1.29, 1.82) is 0 Å². The van der Waals surface area contributed by atoms with E-state index in [-0.39, 0.29) is 47.9 Å². The number of nitrogens with zero attached hydrogens (tertiary/aromatic N) is 4. The molecule has 52 heavy (non-hydrogen) atoms. The number of nitrogens with one attached hydrogen (secondary N) is 1. The van der Waals surface area contributed by atoms with Crippen LogP contribution in [0.1, 0.15) is 65.9 Å². The van der Waals surface area contributed by atoms with Crippen LogP contribution in [0.2, 0.25) is 0 Å². The van der Waals surface area contributed by atoms with Gasteiger partial charge in [0.25, 0.3) is 5.69 Å². The van der Waals surface area contributed by atoms with Crippen molar-refractivity contribution in [2.24, 2.45) is 26.8 Å². The number of nitro groups is 1. The predicted molar refractivity (Wildman–Crippen MR) is 200 cm³/mol. The third-order valence-electron chi connectivity index (χ3n) is 10.8. The molecule has 0 amide bonds. The number of ether oxygens (including phenoxy) is 1. The number of allylic oxidation sites excluding steroid dienone is 14. The number of esters is 1. The fraction of sp³-hybridized carbons (Fsp3) is 0.293. The molecule has 1 saturated carbocycles. The van der Waals surface area contributed by atoms with Crippen LogP contribution in [0.4, 0.5) is 5.69 Å². The first-order valence-electron chi connectivity index (χ1n) is 17.4. The van der Waals surface area contributed by atoms with Crippen molar-refractivity contribution in [3.63, 3.8) is 0 Å². The molecule has 5 aliphatic heterocycles. The third kappa shape index (κ3) is 5.85. The van der Waals surface area contributed by atoms with Gasteiger partial charge in [0.15, 0.2) is 5.78 Å². The Morgan fingerprint density at radius 2 is 1.75 bits per heavy atom. The molecule has 0 spiro atoms. The van der Waals surface area contributed by atoms with E-state index in [0.29, 0.717) is 34.7 Å². The van der Waals surface area contributed by atoms with Crippen molar-refractivity contribution in [2.45, 2.75) is 60.3 Å². The highest BCUT2D eigenvalue weighted by atomic mass is 16.6. The average Bonchev–Trinajstić information content (AvgIpc) is 3.88. The van der Waals surface area contributed by atoms with Gasteiger partial charge in [-0.05, 0) is 98.4 Å². The van der Waals surface area contributed by atoms with E-state index in [0.717, 1.165) is 68.4 Å². The lowest BCUT2D eigenvalue weighted by Gasteiger charge is -2.17. The number of rotatable bonds is 7. The number of benzene rings is 1. The summed E-state index contributed by atoms with van der Waals surface area (Å²) in [7, 11) is 1.39. The highest BCUT2D eigenvalue weighted by Crippen LogP contribution is 2.45. The summed E-state index contributed by atoms with van der Waals surface area (Å²) in [4.78, 5) is 51.8. The number of ketones is 1. The van der Waals surface area contributed by atoms with Crippen LogP contribution >= 0.6 is 0 Å². The summed E-state index contributed by atoms with van der Waals surface area (Å²) in [6.07, 6.45) is 11.0. The molecule has 11 heteroatoms. The Morgan fingerprint density at radius 1 is 1.04 bits per heavy atom. The Kier molecular flexibility index (Phi) is 8.82. The van der Waals surface area contributed by atoms with E-state index in [9.17, 15) is 24.8 Å². The molecule has 0 unspecified atom stereocenters. The van der Waals surface area contributed by atoms with Gasteiger partial charge in [-0.1, -0.05) is 13.8 Å². The van der Waals surface area contributed by atoms with Crippen molar-refractivity contribution in [1.82, 2.24) is 5.32 Å². The average molecular weight is 698 g/mol. The minimum Gasteiger partial charge on any atom is -0.507 e. The van der Waals surface area contributed by atoms with Gasteiger partial charge in [-0.25, -0.2) is 15.0 Å². The van der Waals surface area contributed by atoms with Crippen molar-refractivity contribution >= 4 is 40.3 Å². The van der Waals surface area contributed by atoms with Gasteiger partial charge in [0.1, 0.15) is 5.76 Å². The number of Topliss-reactive ketones (excluding diaryl/α,β-unsaturated/α-hetero) is 1. The number of fused-ring (bicyclic) bond motifs is 5. The van der Waals surface area contributed by atoms with Crippen molar-refractivity contribution < 1.29 is 24.4 Å². The van der Waals surface area contributed by atoms with Gasteiger partial charge in [0.05, 0.1) is 46.3 Å². The van der Waals surface area contributed by atoms with Crippen LogP contribution in [-0.2, 0) is 14.3 Å². The van der Waals surface area contributed by atoms with Crippen LogP contribution in [-0.4, -0.2) is 46.0 Å². The molecule has 1 aromatic rings. The van der Waals surface area contributed by atoms with Crippen LogP contribution in [0.25, 0.3) is 5.76 Å². The minimum atomic E-state index is -0.481. The highest BCUT2D eigenvalue weighted by molar-refractivity contribution is 6.38. The Hall–Kier alpha value is -5.97. The van der Waals surface area contributed by atoms with Crippen LogP contribution < -0.4 is 5.32 Å². The molecule has 2 fully saturated rings. The lowest BCUT2D eigenvalue weighted by molar-refractivity contribution is -0.384. The quantitative estimate of drug-likeness (QED) is 0.127. The number of carbonyl (C=O) groups excluding carboxylic acids is 2. The molecule has 1 aliphatic carbocycles. The lowest BCUT2D eigenvalue weighted by atomic mass is 9.86. The molecule has 1 saturated heterocycles. The monoisotopic (exact) mass is 697 g/mol. The highest BCUT2D eigenvalue weighted by Gasteiger charge is 2.43. The number of aliphatic hydroxyl groups excluding tert-OH is 1. The van der Waals surface area contributed by atoms with E-state index in [4.69, 9.17) is 19.7 Å². The van der Waals surface area contributed by atoms with Gasteiger partial charge < -0.3 is 15.2 Å². The van der Waals surface area contributed by atoms with Crippen LogP contribution in [0, 0.1) is 22.0 Å². The molecule has 11 nitrogen and oxygen atoms in total. The summed E-state index contributed by atoms with van der Waals surface area (Å²) in [5.41, 5.74) is 12.6. The van der Waals surface area contributed by atoms with E-state index >= 15 is 0 Å². The van der Waals surface area contributed by atoms with Gasteiger partial charge in [-0.3, -0.25) is 19.7 Å². The molecular weight excluding hydrogens is 658 g/mol. The fourth-order valence-corrected chi connectivity index (χ4v) is 7.70. The number of non-ortho nitro benzene ring substituents is 1. The van der Waals surface area contributed by atoms with Crippen molar-refractivity contribution in [3.05, 3.63) is 138 Å². The summed E-state index contributed by atoms with van der Waals surface area (Å²) in [5.74, 6) is -0.454. The van der Waals surface area contributed by atoms with E-state index in [1.54, 1.807) is 12.2 Å². The zero-order valence-corrected chi connectivity index (χ0v) is 30.0. The largest absolute Gasteiger partial charge is 0.507 e. The third-order valence-corrected chi connectivity index (χ3v) is 10.8. The van der Waals surface area contributed by atoms with E-state index in [1.807, 2.05) is 39.0 Å². The Morgan fingerprint density at radius 3 is 2.44 bits per heavy atom. The van der Waals surface area contributed by atoms with Gasteiger partial charge in [-0.15, -0.1) is 0 Å². The SMILES string of the molecule is CCC1=C(C)C2=CC3=NC(=C(C)/C3=C\C=C(/O)c3ccc([N+](=O)[O-])cc3)C=C3NC(=C4CC(=O)C5=C(C)C(=CC1=N2)N=C45)[C@@H](CCC(=O)OC)[C@@H]3C. The van der Waals surface area contributed by atoms with Gasteiger partial charge in [0.2, 0.25) is 0 Å². The first-order valence-corrected chi connectivity index (χ1v) is 17.4. The standard InChI is InChI=1S/C41H39N5O6/c1-7-26-20(2)31-18-35-27(12-14-36(47)24-8-10-25(11-9-24)46(50)51)21(3)30(43-35)17-32-22(4)28(13-15-38(49)52-6)40(44-32)29-16-37(48)39-23(5)33(45-41(29)39)19-34(26)42-31/h8-12,14,17-19,22,28,44,47H,7,13,15-16H2,1-6H3/b27-12+,31-18?,32-17?,33-19?,36-14-,40-29?/t22-,28-/m0/s1. The summed E-state index contributed by atoms with van der Waals surface area (Å²) < 4.78 is 4.99. The maximum Gasteiger partial charge on any atom is 0.305 e.